The van der Waals surface area contributed by atoms with E-state index in [4.69, 9.17) is 4.98 Å². The average Bonchev–Trinajstić information content (AvgIpc) is 3.13. The minimum atomic E-state index is 0. The maximum Gasteiger partial charge on any atom is 0.191 e. The lowest BCUT2D eigenvalue weighted by atomic mass is 10.1. The molecule has 0 saturated heterocycles. The summed E-state index contributed by atoms with van der Waals surface area (Å²) < 4.78 is 0. The Morgan fingerprint density at radius 2 is 1.96 bits per heavy atom. The molecule has 0 spiro atoms. The van der Waals surface area contributed by atoms with Crippen molar-refractivity contribution in [3.05, 3.63) is 52.0 Å². The molecule has 0 amide bonds. The zero-order valence-electron chi connectivity index (χ0n) is 16.2. The molecule has 7 heteroatoms. The van der Waals surface area contributed by atoms with E-state index < -0.39 is 0 Å². The van der Waals surface area contributed by atoms with Crippen molar-refractivity contribution in [3.8, 4) is 0 Å². The average molecular weight is 519 g/mol. The van der Waals surface area contributed by atoms with Gasteiger partial charge in [0.2, 0.25) is 0 Å². The lowest BCUT2D eigenvalue weighted by Gasteiger charge is -2.10. The van der Waals surface area contributed by atoms with E-state index in [0.717, 1.165) is 37.6 Å². The van der Waals surface area contributed by atoms with Crippen molar-refractivity contribution in [2.24, 2.45) is 4.99 Å². The molecule has 0 atom stereocenters. The van der Waals surface area contributed by atoms with Gasteiger partial charge in [-0.2, -0.15) is 11.8 Å². The topological polar surface area (TPSA) is 49.3 Å². The van der Waals surface area contributed by atoms with Gasteiger partial charge >= 0.3 is 0 Å². The van der Waals surface area contributed by atoms with Gasteiger partial charge in [-0.05, 0) is 43.8 Å². The van der Waals surface area contributed by atoms with Gasteiger partial charge in [0, 0.05) is 24.9 Å². The summed E-state index contributed by atoms with van der Waals surface area (Å²) in [4.78, 5) is 9.40. The van der Waals surface area contributed by atoms with Crippen LogP contribution >= 0.6 is 47.1 Å². The van der Waals surface area contributed by atoms with Gasteiger partial charge in [0.05, 0.1) is 17.2 Å². The number of rotatable bonds is 11. The molecule has 0 bridgehead atoms. The number of aliphatic imine (C=N–C) groups is 1. The smallest absolute Gasteiger partial charge is 0.191 e. The monoisotopic (exact) mass is 518 g/mol. The summed E-state index contributed by atoms with van der Waals surface area (Å²) in [7, 11) is 0. The molecule has 2 N–H and O–H groups in total. The molecule has 0 fully saturated rings. The maximum atomic E-state index is 4.73. The third-order valence-corrected chi connectivity index (χ3v) is 5.54. The zero-order chi connectivity index (χ0) is 18.5. The number of thiazole rings is 1. The first-order valence-electron chi connectivity index (χ1n) is 9.30. The number of aromatic nitrogens is 1. The molecule has 1 heterocycles. The van der Waals surface area contributed by atoms with Crippen molar-refractivity contribution in [3.63, 3.8) is 0 Å². The van der Waals surface area contributed by atoms with Gasteiger partial charge in [-0.3, -0.25) is 0 Å². The molecule has 0 aliphatic carbocycles. The van der Waals surface area contributed by atoms with Gasteiger partial charge in [0.15, 0.2) is 5.96 Å². The van der Waals surface area contributed by atoms with Gasteiger partial charge in [-0.25, -0.2) is 9.98 Å². The molecule has 0 radical (unpaired) electrons. The van der Waals surface area contributed by atoms with E-state index >= 15 is 0 Å². The SMILES string of the molecule is CCNC(=NCc1csc(CCc2ccccc2)n1)NCCCCSC.I. The summed E-state index contributed by atoms with van der Waals surface area (Å²) in [5, 5.41) is 10.0. The van der Waals surface area contributed by atoms with Gasteiger partial charge in [-0.15, -0.1) is 35.3 Å². The fraction of sp³-hybridized carbons (Fsp3) is 0.500. The summed E-state index contributed by atoms with van der Waals surface area (Å²) in [6.45, 7) is 4.55. The third-order valence-electron chi connectivity index (χ3n) is 3.88. The van der Waals surface area contributed by atoms with E-state index in [2.05, 4.69) is 64.5 Å². The Kier molecular flexibility index (Phi) is 13.6. The van der Waals surface area contributed by atoms with Crippen LogP contribution in [0.15, 0.2) is 40.7 Å². The molecule has 1 aromatic carbocycles. The Morgan fingerprint density at radius 1 is 1.15 bits per heavy atom. The normalized spacial score (nSPS) is 11.1. The minimum absolute atomic E-state index is 0. The minimum Gasteiger partial charge on any atom is -0.357 e. The van der Waals surface area contributed by atoms with Crippen molar-refractivity contribution in [2.75, 3.05) is 25.1 Å². The first-order valence-corrected chi connectivity index (χ1v) is 11.6. The van der Waals surface area contributed by atoms with E-state index in [1.54, 1.807) is 11.3 Å². The zero-order valence-corrected chi connectivity index (χ0v) is 20.2. The largest absolute Gasteiger partial charge is 0.357 e. The maximum absolute atomic E-state index is 4.73. The van der Waals surface area contributed by atoms with Crippen LogP contribution in [-0.2, 0) is 19.4 Å². The number of aryl methyl sites for hydroxylation is 2. The molecular weight excluding hydrogens is 487 g/mol. The van der Waals surface area contributed by atoms with E-state index in [-0.39, 0.29) is 24.0 Å². The first-order chi connectivity index (χ1) is 12.8. The van der Waals surface area contributed by atoms with Crippen LogP contribution in [0.25, 0.3) is 0 Å². The van der Waals surface area contributed by atoms with Crippen molar-refractivity contribution in [1.29, 1.82) is 0 Å². The summed E-state index contributed by atoms with van der Waals surface area (Å²) in [5.41, 5.74) is 2.42. The van der Waals surface area contributed by atoms with E-state index in [0.29, 0.717) is 6.54 Å². The molecule has 4 nitrogen and oxygen atoms in total. The predicted molar refractivity (Wildman–Crippen MR) is 132 cm³/mol. The summed E-state index contributed by atoms with van der Waals surface area (Å²) in [5.74, 6) is 2.11. The third kappa shape index (κ3) is 10.4. The van der Waals surface area contributed by atoms with Gasteiger partial charge in [-0.1, -0.05) is 30.3 Å². The summed E-state index contributed by atoms with van der Waals surface area (Å²) >= 11 is 3.64. The number of benzene rings is 1. The first kappa shape index (κ1) is 24.2. The van der Waals surface area contributed by atoms with E-state index in [1.165, 1.54) is 29.2 Å². The van der Waals surface area contributed by atoms with Crippen LogP contribution in [0.3, 0.4) is 0 Å². The number of nitrogens with one attached hydrogen (secondary N) is 2. The molecule has 0 unspecified atom stereocenters. The molecule has 0 aliphatic rings. The lowest BCUT2D eigenvalue weighted by molar-refractivity contribution is 0.733. The van der Waals surface area contributed by atoms with Crippen molar-refractivity contribution < 1.29 is 0 Å². The molecule has 2 aromatic rings. The molecule has 150 valence electrons. The number of hydrogen-bond donors (Lipinski definition) is 2. The van der Waals surface area contributed by atoms with Gasteiger partial charge in [0.25, 0.3) is 0 Å². The fourth-order valence-electron chi connectivity index (χ4n) is 2.51. The van der Waals surface area contributed by atoms with Crippen molar-refractivity contribution in [2.45, 2.75) is 39.2 Å². The van der Waals surface area contributed by atoms with Gasteiger partial charge in [0.1, 0.15) is 0 Å². The van der Waals surface area contributed by atoms with Crippen molar-refractivity contribution in [1.82, 2.24) is 15.6 Å². The van der Waals surface area contributed by atoms with Crippen LogP contribution in [0, 0.1) is 0 Å². The van der Waals surface area contributed by atoms with Crippen LogP contribution in [0.5, 0.6) is 0 Å². The summed E-state index contributed by atoms with van der Waals surface area (Å²) in [6.07, 6.45) is 6.60. The van der Waals surface area contributed by atoms with Crippen LogP contribution in [0.1, 0.15) is 36.0 Å². The second-order valence-corrected chi connectivity index (χ2v) is 7.97. The number of nitrogens with zero attached hydrogens (tertiary/aromatic N) is 2. The Bertz CT molecular complexity index is 646. The highest BCUT2D eigenvalue weighted by Gasteiger charge is 2.03. The van der Waals surface area contributed by atoms with Crippen LogP contribution in [0.2, 0.25) is 0 Å². The Morgan fingerprint density at radius 3 is 2.70 bits per heavy atom. The number of guanidine groups is 1. The highest BCUT2D eigenvalue weighted by molar-refractivity contribution is 14.0. The number of hydrogen-bond acceptors (Lipinski definition) is 4. The highest BCUT2D eigenvalue weighted by atomic mass is 127. The Balaban J connectivity index is 0.00000364. The highest BCUT2D eigenvalue weighted by Crippen LogP contribution is 2.14. The van der Waals surface area contributed by atoms with Gasteiger partial charge < -0.3 is 10.6 Å². The standard InChI is InChI=1S/C20H30N4S2.HI/c1-3-21-20(22-13-7-8-14-25-2)23-15-18-16-26-19(24-18)12-11-17-9-5-4-6-10-17;/h4-6,9-10,16H,3,7-8,11-15H2,1-2H3,(H2,21,22,23);1H. The fourth-order valence-corrected chi connectivity index (χ4v) is 3.79. The molecular formula is C20H31IN4S2. The lowest BCUT2D eigenvalue weighted by Crippen LogP contribution is -2.37. The Labute approximate surface area is 189 Å². The Hall–Kier alpha value is -0.800. The van der Waals surface area contributed by atoms with Crippen LogP contribution < -0.4 is 10.6 Å². The second-order valence-electron chi connectivity index (χ2n) is 6.04. The quantitative estimate of drug-likeness (QED) is 0.195. The van der Waals surface area contributed by atoms with E-state index in [9.17, 15) is 0 Å². The summed E-state index contributed by atoms with van der Waals surface area (Å²) in [6, 6.07) is 10.6. The molecule has 2 rings (SSSR count). The molecule has 27 heavy (non-hydrogen) atoms. The van der Waals surface area contributed by atoms with Crippen LogP contribution in [-0.4, -0.2) is 36.0 Å². The predicted octanol–water partition coefficient (Wildman–Crippen LogP) is 4.74. The number of thioether (sulfide) groups is 1. The molecule has 0 aliphatic heterocycles. The van der Waals surface area contributed by atoms with Crippen molar-refractivity contribution >= 4 is 53.0 Å². The number of unbranched alkanes of at least 4 members (excludes halogenated alkanes) is 1. The van der Waals surface area contributed by atoms with Crippen LogP contribution in [0.4, 0.5) is 0 Å². The number of halogens is 1. The molecule has 0 saturated carbocycles. The molecule has 1 aromatic heterocycles. The van der Waals surface area contributed by atoms with E-state index in [1.807, 2.05) is 11.8 Å². The second kappa shape index (κ2) is 15.2.